The minimum atomic E-state index is -1.52. The molecule has 5 nitrogen and oxygen atoms in total. The SMILES string of the molecule is CCCCCC[C@H]([C@@H](O)C(=O)[C@@H]1C[C@H](C)CC[C@@H]1C(C)(C)c1ccccc1)[N+](=O)[O-]. The summed E-state index contributed by atoms with van der Waals surface area (Å²) in [6.07, 6.45) is 4.98. The van der Waals surface area contributed by atoms with Crippen LogP contribution in [-0.4, -0.2) is 28.0 Å². The van der Waals surface area contributed by atoms with E-state index in [1.54, 1.807) is 0 Å². The first-order valence-electron chi connectivity index (χ1n) is 11.6. The number of carbonyl (C=O) groups excluding carboxylic acids is 1. The van der Waals surface area contributed by atoms with Crippen molar-refractivity contribution in [3.8, 4) is 0 Å². The second kappa shape index (κ2) is 11.0. The molecule has 5 heteroatoms. The molecule has 1 N–H and O–H groups in total. The number of carbonyl (C=O) groups is 1. The van der Waals surface area contributed by atoms with Gasteiger partial charge in [0.25, 0.3) is 0 Å². The molecule has 1 aromatic rings. The van der Waals surface area contributed by atoms with Crippen molar-refractivity contribution in [3.05, 3.63) is 46.0 Å². The molecule has 168 valence electrons. The standard InChI is InChI=1S/C25H39NO4/c1-5-6-7-11-14-22(26(29)30)24(28)23(27)20-17-18(2)15-16-21(20)25(3,4)19-12-9-8-10-13-19/h8-10,12-13,18,20-22,24,28H,5-7,11,14-17H2,1-4H3/t18-,20-,21+,22-,24-/m1/s1. The molecule has 0 saturated heterocycles. The maximum atomic E-state index is 13.4. The Morgan fingerprint density at radius 3 is 2.47 bits per heavy atom. The summed E-state index contributed by atoms with van der Waals surface area (Å²) in [4.78, 5) is 24.6. The van der Waals surface area contributed by atoms with Crippen LogP contribution in [-0.2, 0) is 10.2 Å². The summed E-state index contributed by atoms with van der Waals surface area (Å²) < 4.78 is 0. The fourth-order valence-corrected chi connectivity index (χ4v) is 5.21. The zero-order valence-corrected chi connectivity index (χ0v) is 19.0. The number of nitro groups is 1. The Kier molecular flexibility index (Phi) is 9.02. The maximum absolute atomic E-state index is 13.4. The van der Waals surface area contributed by atoms with Crippen LogP contribution in [0.4, 0.5) is 0 Å². The molecule has 1 aliphatic rings. The van der Waals surface area contributed by atoms with Crippen LogP contribution in [0, 0.1) is 27.9 Å². The van der Waals surface area contributed by atoms with Crippen LogP contribution >= 0.6 is 0 Å². The smallest absolute Gasteiger partial charge is 0.245 e. The van der Waals surface area contributed by atoms with Crippen molar-refractivity contribution >= 4 is 5.78 Å². The van der Waals surface area contributed by atoms with E-state index in [0.29, 0.717) is 18.8 Å². The van der Waals surface area contributed by atoms with E-state index in [1.807, 2.05) is 18.2 Å². The van der Waals surface area contributed by atoms with Gasteiger partial charge in [0.05, 0.1) is 0 Å². The van der Waals surface area contributed by atoms with Crippen molar-refractivity contribution in [3.63, 3.8) is 0 Å². The van der Waals surface area contributed by atoms with Crippen molar-refractivity contribution in [2.45, 2.75) is 96.6 Å². The number of Topliss-reactive ketones (excluding diaryl/α,β-unsaturated/α-hetero) is 1. The Bertz CT molecular complexity index is 688. The minimum Gasteiger partial charge on any atom is -0.379 e. The lowest BCUT2D eigenvalue weighted by molar-refractivity contribution is -0.532. The molecule has 1 aliphatic carbocycles. The van der Waals surface area contributed by atoms with Crippen molar-refractivity contribution in [2.24, 2.45) is 17.8 Å². The number of aliphatic hydroxyl groups is 1. The van der Waals surface area contributed by atoms with Crippen LogP contribution in [0.15, 0.2) is 30.3 Å². The topological polar surface area (TPSA) is 80.4 Å². The van der Waals surface area contributed by atoms with Crippen LogP contribution < -0.4 is 0 Å². The van der Waals surface area contributed by atoms with E-state index in [0.717, 1.165) is 32.1 Å². The Morgan fingerprint density at radius 2 is 1.87 bits per heavy atom. The highest BCUT2D eigenvalue weighted by atomic mass is 16.6. The minimum absolute atomic E-state index is 0.0609. The van der Waals surface area contributed by atoms with Crippen molar-refractivity contribution in [2.75, 3.05) is 0 Å². The Balaban J connectivity index is 2.22. The van der Waals surface area contributed by atoms with E-state index in [1.165, 1.54) is 5.56 Å². The molecule has 1 aromatic carbocycles. The van der Waals surface area contributed by atoms with Crippen LogP contribution in [0.1, 0.15) is 84.6 Å². The predicted octanol–water partition coefficient (Wildman–Crippen LogP) is 5.56. The number of benzene rings is 1. The molecule has 5 atom stereocenters. The van der Waals surface area contributed by atoms with Gasteiger partial charge in [-0.1, -0.05) is 83.7 Å². The third-order valence-electron chi connectivity index (χ3n) is 7.20. The Morgan fingerprint density at radius 1 is 1.20 bits per heavy atom. The molecule has 30 heavy (non-hydrogen) atoms. The second-order valence-corrected chi connectivity index (χ2v) is 9.77. The van der Waals surface area contributed by atoms with Gasteiger partial charge in [-0.3, -0.25) is 14.9 Å². The molecule has 0 spiro atoms. The first kappa shape index (κ1) is 24.5. The number of aliphatic hydroxyl groups excluding tert-OH is 1. The van der Waals surface area contributed by atoms with E-state index < -0.39 is 17.1 Å². The summed E-state index contributed by atoms with van der Waals surface area (Å²) in [7, 11) is 0. The van der Waals surface area contributed by atoms with Gasteiger partial charge in [-0.15, -0.1) is 0 Å². The zero-order chi connectivity index (χ0) is 22.3. The molecule has 0 amide bonds. The van der Waals surface area contributed by atoms with Gasteiger partial charge in [0, 0.05) is 17.3 Å². The van der Waals surface area contributed by atoms with Gasteiger partial charge in [-0.25, -0.2) is 0 Å². The third-order valence-corrected chi connectivity index (χ3v) is 7.20. The number of hydrogen-bond acceptors (Lipinski definition) is 4. The van der Waals surface area contributed by atoms with Gasteiger partial charge in [-0.2, -0.15) is 0 Å². The van der Waals surface area contributed by atoms with Gasteiger partial charge in [0.15, 0.2) is 11.9 Å². The lowest BCUT2D eigenvalue weighted by Crippen LogP contribution is -2.49. The first-order chi connectivity index (χ1) is 14.2. The van der Waals surface area contributed by atoms with Crippen molar-refractivity contribution < 1.29 is 14.8 Å². The fraction of sp³-hybridized carbons (Fsp3) is 0.720. The summed E-state index contributed by atoms with van der Waals surface area (Å²) in [5, 5.41) is 22.5. The molecule has 0 radical (unpaired) electrons. The molecule has 1 saturated carbocycles. The highest BCUT2D eigenvalue weighted by Gasteiger charge is 2.47. The molecule has 0 bridgehead atoms. The van der Waals surface area contributed by atoms with E-state index in [9.17, 15) is 20.0 Å². The lowest BCUT2D eigenvalue weighted by atomic mass is 9.59. The number of nitrogens with zero attached hydrogens (tertiary/aromatic N) is 1. The second-order valence-electron chi connectivity index (χ2n) is 9.77. The van der Waals surface area contributed by atoms with Crippen LogP contribution in [0.3, 0.4) is 0 Å². The molecule has 0 aliphatic heterocycles. The monoisotopic (exact) mass is 417 g/mol. The largest absolute Gasteiger partial charge is 0.379 e. The summed E-state index contributed by atoms with van der Waals surface area (Å²) in [6, 6.07) is 8.97. The summed E-state index contributed by atoms with van der Waals surface area (Å²) in [5.41, 5.74) is 0.925. The van der Waals surface area contributed by atoms with Gasteiger partial charge in [0.1, 0.15) is 0 Å². The van der Waals surface area contributed by atoms with Crippen molar-refractivity contribution in [1.29, 1.82) is 0 Å². The summed E-state index contributed by atoms with van der Waals surface area (Å²) >= 11 is 0. The third kappa shape index (κ3) is 5.90. The molecule has 0 unspecified atom stereocenters. The summed E-state index contributed by atoms with van der Waals surface area (Å²) in [6.45, 7) is 8.53. The molecular formula is C25H39NO4. The lowest BCUT2D eigenvalue weighted by Gasteiger charge is -2.44. The average Bonchev–Trinajstić information content (AvgIpc) is 2.73. The van der Waals surface area contributed by atoms with Crippen LogP contribution in [0.25, 0.3) is 0 Å². The molecule has 1 fully saturated rings. The zero-order valence-electron chi connectivity index (χ0n) is 19.0. The highest BCUT2D eigenvalue weighted by molar-refractivity contribution is 5.86. The van der Waals surface area contributed by atoms with E-state index in [-0.39, 0.29) is 29.5 Å². The van der Waals surface area contributed by atoms with Crippen LogP contribution in [0.5, 0.6) is 0 Å². The quantitative estimate of drug-likeness (QED) is 0.290. The maximum Gasteiger partial charge on any atom is 0.245 e. The first-order valence-corrected chi connectivity index (χ1v) is 11.6. The van der Waals surface area contributed by atoms with E-state index in [2.05, 4.69) is 39.8 Å². The van der Waals surface area contributed by atoms with E-state index >= 15 is 0 Å². The molecule has 0 heterocycles. The van der Waals surface area contributed by atoms with Gasteiger partial charge in [0.2, 0.25) is 6.04 Å². The molecular weight excluding hydrogens is 378 g/mol. The Hall–Kier alpha value is -1.75. The number of unbranched alkanes of at least 4 members (excludes halogenated alkanes) is 3. The number of rotatable bonds is 11. The molecule has 0 aromatic heterocycles. The fourth-order valence-electron chi connectivity index (χ4n) is 5.21. The van der Waals surface area contributed by atoms with Gasteiger partial charge < -0.3 is 5.11 Å². The van der Waals surface area contributed by atoms with Gasteiger partial charge >= 0.3 is 0 Å². The van der Waals surface area contributed by atoms with Crippen molar-refractivity contribution in [1.82, 2.24) is 0 Å². The highest BCUT2D eigenvalue weighted by Crippen LogP contribution is 2.46. The van der Waals surface area contributed by atoms with Crippen LogP contribution in [0.2, 0.25) is 0 Å². The normalized spacial score (nSPS) is 24.2. The van der Waals surface area contributed by atoms with Gasteiger partial charge in [-0.05, 0) is 42.1 Å². The molecule has 2 rings (SSSR count). The summed E-state index contributed by atoms with van der Waals surface area (Å²) in [5.74, 6) is -0.233. The number of hydrogen-bond donors (Lipinski definition) is 1. The number of ketones is 1. The average molecular weight is 418 g/mol. The predicted molar refractivity (Wildman–Crippen MR) is 120 cm³/mol. The Labute approximate surface area is 181 Å². The van der Waals surface area contributed by atoms with E-state index in [4.69, 9.17) is 0 Å².